The van der Waals surface area contributed by atoms with Crippen LogP contribution in [0.1, 0.15) is 15.9 Å². The number of benzene rings is 2. The molecule has 3 aromatic rings. The number of nitrogens with zero attached hydrogens (tertiary/aromatic N) is 2. The summed E-state index contributed by atoms with van der Waals surface area (Å²) in [5.74, 6) is -2.69. The normalized spacial score (nSPS) is 11.1. The first-order valence-corrected chi connectivity index (χ1v) is 7.49. The molecule has 0 atom stereocenters. The molecule has 4 nitrogen and oxygen atoms in total. The molecule has 0 spiro atoms. The van der Waals surface area contributed by atoms with Gasteiger partial charge in [-0.1, -0.05) is 18.2 Å². The molecule has 0 amide bonds. The molecule has 126 valence electrons. The Morgan fingerprint density at radius 2 is 2.00 bits per heavy atom. The molecule has 0 radical (unpaired) electrons. The largest absolute Gasteiger partial charge is 0.478 e. The van der Waals surface area contributed by atoms with Crippen LogP contribution in [0.4, 0.5) is 8.78 Å². The zero-order chi connectivity index (χ0) is 17.8. The van der Waals surface area contributed by atoms with E-state index in [0.29, 0.717) is 12.1 Å². The molecule has 25 heavy (non-hydrogen) atoms. The number of hydrogen-bond acceptors (Lipinski definition) is 2. The van der Waals surface area contributed by atoms with Crippen LogP contribution in [0.25, 0.3) is 17.2 Å². The number of rotatable bonds is 5. The van der Waals surface area contributed by atoms with Crippen LogP contribution in [0, 0.1) is 11.6 Å². The number of carboxylic acids is 1. The summed E-state index contributed by atoms with van der Waals surface area (Å²) in [4.78, 5) is 15.4. The molecule has 0 bridgehead atoms. The molecule has 0 aliphatic heterocycles. The van der Waals surface area contributed by atoms with Gasteiger partial charge in [0.25, 0.3) is 0 Å². The Labute approximate surface area is 142 Å². The third kappa shape index (κ3) is 3.80. The Bertz CT molecular complexity index is 935. The monoisotopic (exact) mass is 340 g/mol. The van der Waals surface area contributed by atoms with Crippen LogP contribution >= 0.6 is 0 Å². The lowest BCUT2D eigenvalue weighted by Gasteiger charge is -2.09. The minimum absolute atomic E-state index is 0.0442. The highest BCUT2D eigenvalue weighted by Gasteiger charge is 2.15. The molecular formula is C19H14F2N2O2. The van der Waals surface area contributed by atoms with Gasteiger partial charge < -0.3 is 9.67 Å². The molecule has 0 aliphatic carbocycles. The Kier molecular flexibility index (Phi) is 4.70. The number of carbonyl (C=O) groups is 1. The smallest absolute Gasteiger partial charge is 0.336 e. The van der Waals surface area contributed by atoms with Crippen LogP contribution in [-0.2, 0) is 6.54 Å². The number of allylic oxidation sites excluding steroid dienone is 1. The predicted octanol–water partition coefficient (Wildman–Crippen LogP) is 4.24. The average Bonchev–Trinajstić information content (AvgIpc) is 3.08. The van der Waals surface area contributed by atoms with Crippen molar-refractivity contribution in [1.29, 1.82) is 0 Å². The Balaban J connectivity index is 1.97. The lowest BCUT2D eigenvalue weighted by molar-refractivity contribution is 0.0697. The summed E-state index contributed by atoms with van der Waals surface area (Å²) in [6.45, 7) is 0.598. The predicted molar refractivity (Wildman–Crippen MR) is 90.0 cm³/mol. The van der Waals surface area contributed by atoms with E-state index in [2.05, 4.69) is 4.98 Å². The SMILES string of the molecule is O=C(O)c1ccc(/C=C/Cn2ccnc2)cc1-c1ccc(F)cc1F. The topological polar surface area (TPSA) is 55.1 Å². The molecule has 3 rings (SSSR count). The van der Waals surface area contributed by atoms with E-state index < -0.39 is 17.6 Å². The van der Waals surface area contributed by atoms with Gasteiger partial charge in [0.05, 0.1) is 11.9 Å². The third-order valence-electron chi connectivity index (χ3n) is 3.68. The van der Waals surface area contributed by atoms with E-state index in [9.17, 15) is 18.7 Å². The van der Waals surface area contributed by atoms with Crippen LogP contribution in [0.5, 0.6) is 0 Å². The summed E-state index contributed by atoms with van der Waals surface area (Å²) in [6, 6.07) is 7.71. The molecule has 1 N–H and O–H groups in total. The minimum atomic E-state index is -1.17. The summed E-state index contributed by atoms with van der Waals surface area (Å²) >= 11 is 0. The minimum Gasteiger partial charge on any atom is -0.478 e. The number of hydrogen-bond donors (Lipinski definition) is 1. The maximum absolute atomic E-state index is 14.1. The van der Waals surface area contributed by atoms with E-state index in [1.807, 2.05) is 16.8 Å². The maximum Gasteiger partial charge on any atom is 0.336 e. The van der Waals surface area contributed by atoms with Crippen molar-refractivity contribution in [3.05, 3.63) is 84.0 Å². The Morgan fingerprint density at radius 3 is 2.68 bits per heavy atom. The number of carboxylic acid groups (broad SMARTS) is 1. The quantitative estimate of drug-likeness (QED) is 0.756. The first-order chi connectivity index (χ1) is 12.0. The van der Waals surface area contributed by atoms with Crippen LogP contribution in [0.2, 0.25) is 0 Å². The van der Waals surface area contributed by atoms with Gasteiger partial charge in [0, 0.05) is 30.6 Å². The average molecular weight is 340 g/mol. The number of halogens is 2. The molecule has 1 aromatic heterocycles. The molecule has 0 unspecified atom stereocenters. The first kappa shape index (κ1) is 16.6. The molecular weight excluding hydrogens is 326 g/mol. The van der Waals surface area contributed by atoms with Crippen molar-refractivity contribution in [2.24, 2.45) is 0 Å². The second-order valence-electron chi connectivity index (χ2n) is 5.40. The van der Waals surface area contributed by atoms with Crippen LogP contribution < -0.4 is 0 Å². The second kappa shape index (κ2) is 7.09. The fourth-order valence-corrected chi connectivity index (χ4v) is 2.49. The van der Waals surface area contributed by atoms with Crippen molar-refractivity contribution in [3.8, 4) is 11.1 Å². The van der Waals surface area contributed by atoms with E-state index in [1.165, 1.54) is 12.1 Å². The fourth-order valence-electron chi connectivity index (χ4n) is 2.49. The zero-order valence-corrected chi connectivity index (χ0v) is 13.1. The first-order valence-electron chi connectivity index (χ1n) is 7.49. The molecule has 0 saturated heterocycles. The molecule has 1 heterocycles. The molecule has 2 aromatic carbocycles. The van der Waals surface area contributed by atoms with Gasteiger partial charge >= 0.3 is 5.97 Å². The van der Waals surface area contributed by atoms with Gasteiger partial charge in [-0.25, -0.2) is 18.6 Å². The summed E-state index contributed by atoms with van der Waals surface area (Å²) in [6.07, 6.45) is 8.85. The summed E-state index contributed by atoms with van der Waals surface area (Å²) in [5, 5.41) is 9.34. The van der Waals surface area contributed by atoms with Crippen molar-refractivity contribution in [2.45, 2.75) is 6.54 Å². The number of aromatic nitrogens is 2. The number of imidazole rings is 1. The maximum atomic E-state index is 14.1. The van der Waals surface area contributed by atoms with Crippen molar-refractivity contribution in [2.75, 3.05) is 0 Å². The van der Waals surface area contributed by atoms with Gasteiger partial charge in [-0.3, -0.25) is 0 Å². The summed E-state index contributed by atoms with van der Waals surface area (Å²) < 4.78 is 29.1. The van der Waals surface area contributed by atoms with Gasteiger partial charge in [0.15, 0.2) is 0 Å². The van der Waals surface area contributed by atoms with Crippen molar-refractivity contribution in [3.63, 3.8) is 0 Å². The zero-order valence-electron chi connectivity index (χ0n) is 13.1. The standard InChI is InChI=1S/C19H14F2N2O2/c20-14-4-6-15(18(21)11-14)17-10-13(3-5-16(17)19(24)25)2-1-8-23-9-7-22-12-23/h1-7,9-12H,8H2,(H,24,25)/b2-1+. The molecule has 0 fully saturated rings. The molecule has 0 aliphatic rings. The number of aromatic carboxylic acids is 1. The van der Waals surface area contributed by atoms with Crippen molar-refractivity contribution in [1.82, 2.24) is 9.55 Å². The summed E-state index contributed by atoms with van der Waals surface area (Å²) in [7, 11) is 0. The summed E-state index contributed by atoms with van der Waals surface area (Å²) in [5.41, 5.74) is 0.916. The fraction of sp³-hybridized carbons (Fsp3) is 0.0526. The molecule has 0 saturated carbocycles. The van der Waals surface area contributed by atoms with Gasteiger partial charge in [0.1, 0.15) is 11.6 Å². The lowest BCUT2D eigenvalue weighted by atomic mass is 9.96. The van der Waals surface area contributed by atoms with E-state index in [4.69, 9.17) is 0 Å². The molecule has 6 heteroatoms. The van der Waals surface area contributed by atoms with Crippen LogP contribution in [0.15, 0.2) is 61.2 Å². The van der Waals surface area contributed by atoms with E-state index in [-0.39, 0.29) is 16.7 Å². The second-order valence-corrected chi connectivity index (χ2v) is 5.40. The highest BCUT2D eigenvalue weighted by Crippen LogP contribution is 2.28. The van der Waals surface area contributed by atoms with Crippen molar-refractivity contribution >= 4 is 12.0 Å². The van der Waals surface area contributed by atoms with Gasteiger partial charge in [-0.05, 0) is 35.4 Å². The van der Waals surface area contributed by atoms with Crippen LogP contribution in [0.3, 0.4) is 0 Å². The van der Waals surface area contributed by atoms with E-state index >= 15 is 0 Å². The van der Waals surface area contributed by atoms with Crippen molar-refractivity contribution < 1.29 is 18.7 Å². The van der Waals surface area contributed by atoms with Gasteiger partial charge in [-0.2, -0.15) is 0 Å². The van der Waals surface area contributed by atoms with Gasteiger partial charge in [0.2, 0.25) is 0 Å². The highest BCUT2D eigenvalue weighted by molar-refractivity contribution is 5.96. The van der Waals surface area contributed by atoms with E-state index in [1.54, 1.807) is 30.7 Å². The van der Waals surface area contributed by atoms with Gasteiger partial charge in [-0.15, -0.1) is 0 Å². The van der Waals surface area contributed by atoms with E-state index in [0.717, 1.165) is 12.1 Å². The lowest BCUT2D eigenvalue weighted by Crippen LogP contribution is -2.01. The highest BCUT2D eigenvalue weighted by atomic mass is 19.1. The third-order valence-corrected chi connectivity index (χ3v) is 3.68. The van der Waals surface area contributed by atoms with Crippen LogP contribution in [-0.4, -0.2) is 20.6 Å². The Hall–Kier alpha value is -3.28. The Morgan fingerprint density at radius 1 is 1.16 bits per heavy atom.